The van der Waals surface area contributed by atoms with E-state index in [1.807, 2.05) is 13.8 Å². The van der Waals surface area contributed by atoms with Crippen molar-refractivity contribution in [2.75, 3.05) is 0 Å². The minimum Gasteiger partial charge on any atom is -0.508 e. The number of rotatable bonds is 5. The highest BCUT2D eigenvalue weighted by Gasteiger charge is 2.70. The van der Waals surface area contributed by atoms with Crippen LogP contribution in [0.2, 0.25) is 0 Å². The van der Waals surface area contributed by atoms with Crippen molar-refractivity contribution in [3.8, 4) is 51.7 Å². The molecule has 12 nitrogen and oxygen atoms in total. The Hall–Kier alpha value is -5.88. The van der Waals surface area contributed by atoms with E-state index in [2.05, 4.69) is 0 Å². The maximum atomic E-state index is 14.8. The topological polar surface area (TPSA) is 203 Å². The average Bonchev–Trinajstić information content (AvgIpc) is 3.30. The van der Waals surface area contributed by atoms with E-state index in [-0.39, 0.29) is 81.9 Å². The number of hydrogen-bond donors (Lipinski definition) is 7. The third-order valence-electron chi connectivity index (χ3n) is 10.9. The highest BCUT2D eigenvalue weighted by atomic mass is 16.7. The predicted molar refractivity (Wildman–Crippen MR) is 184 cm³/mol. The molecule has 0 amide bonds. The Bertz CT molecular complexity index is 2260. The van der Waals surface area contributed by atoms with E-state index < -0.39 is 52.1 Å². The van der Waals surface area contributed by atoms with Crippen LogP contribution in [0, 0.1) is 5.92 Å². The molecular formula is C40H36O12. The average molecular weight is 709 g/mol. The summed E-state index contributed by atoms with van der Waals surface area (Å²) >= 11 is 0. The smallest absolute Gasteiger partial charge is 0.318 e. The number of Topliss-reactive ketones (excluding diaryl/α,β-unsaturated/α-hetero) is 2. The summed E-state index contributed by atoms with van der Waals surface area (Å²) in [6.07, 6.45) is 2.04. The normalized spacial score (nSPS) is 27.8. The van der Waals surface area contributed by atoms with Gasteiger partial charge < -0.3 is 50.0 Å². The van der Waals surface area contributed by atoms with Crippen LogP contribution < -0.4 is 14.2 Å². The Labute approximate surface area is 297 Å². The van der Waals surface area contributed by atoms with Crippen molar-refractivity contribution in [1.29, 1.82) is 0 Å². The van der Waals surface area contributed by atoms with Gasteiger partial charge in [0.2, 0.25) is 11.4 Å². The van der Waals surface area contributed by atoms with E-state index in [1.54, 1.807) is 13.0 Å². The van der Waals surface area contributed by atoms with Crippen LogP contribution in [0.5, 0.6) is 51.7 Å². The maximum Gasteiger partial charge on any atom is 0.318 e. The highest BCUT2D eigenvalue weighted by molar-refractivity contribution is 6.10. The Morgan fingerprint density at radius 2 is 1.44 bits per heavy atom. The molecule has 268 valence electrons. The molecule has 2 bridgehead atoms. The Balaban J connectivity index is 1.34. The third kappa shape index (κ3) is 4.63. The first-order chi connectivity index (χ1) is 24.6. The number of aliphatic hydroxyl groups is 1. The fraction of sp³-hybridized carbons (Fsp3) is 0.300. The second-order valence-electron chi connectivity index (χ2n) is 14.7. The number of carbonyl (C=O) groups is 2. The number of phenols is 6. The monoisotopic (exact) mass is 708 g/mol. The number of benzene rings is 4. The molecule has 0 spiro atoms. The van der Waals surface area contributed by atoms with Gasteiger partial charge in [0.1, 0.15) is 62.9 Å². The Kier molecular flexibility index (Phi) is 7.08. The van der Waals surface area contributed by atoms with Crippen molar-refractivity contribution in [3.63, 3.8) is 0 Å². The highest BCUT2D eigenvalue weighted by Crippen LogP contribution is 2.65. The number of aromatic hydroxyl groups is 6. The zero-order valence-corrected chi connectivity index (χ0v) is 28.4. The maximum absolute atomic E-state index is 14.8. The number of phenolic OH excluding ortho intramolecular Hbond substituents is 6. The number of fused-ring (bicyclic) bond motifs is 9. The molecule has 1 saturated carbocycles. The van der Waals surface area contributed by atoms with E-state index in [4.69, 9.17) is 14.2 Å². The van der Waals surface area contributed by atoms with Crippen molar-refractivity contribution in [3.05, 3.63) is 100 Å². The van der Waals surface area contributed by atoms with Crippen LogP contribution in [0.15, 0.2) is 72.3 Å². The van der Waals surface area contributed by atoms with Gasteiger partial charge in [0.15, 0.2) is 5.78 Å². The first-order valence-electron chi connectivity index (χ1n) is 16.8. The Morgan fingerprint density at radius 1 is 0.788 bits per heavy atom. The summed E-state index contributed by atoms with van der Waals surface area (Å²) < 4.78 is 19.2. The lowest BCUT2D eigenvalue weighted by molar-refractivity contribution is -0.202. The van der Waals surface area contributed by atoms with Gasteiger partial charge in [-0.05, 0) is 69.5 Å². The van der Waals surface area contributed by atoms with Crippen molar-refractivity contribution >= 4 is 11.6 Å². The number of allylic oxidation sites excluding steroid dienone is 1. The summed E-state index contributed by atoms with van der Waals surface area (Å²) in [6, 6.07) is 13.0. The van der Waals surface area contributed by atoms with Crippen LogP contribution in [-0.4, -0.2) is 58.7 Å². The van der Waals surface area contributed by atoms with E-state index in [9.17, 15) is 45.3 Å². The van der Waals surface area contributed by atoms with Crippen molar-refractivity contribution in [1.82, 2.24) is 0 Å². The van der Waals surface area contributed by atoms with E-state index in [0.29, 0.717) is 11.1 Å². The molecule has 3 aliphatic heterocycles. The van der Waals surface area contributed by atoms with Gasteiger partial charge in [-0.2, -0.15) is 0 Å². The summed E-state index contributed by atoms with van der Waals surface area (Å²) in [6.45, 7) is 5.46. The minimum atomic E-state index is -2.64. The van der Waals surface area contributed by atoms with Gasteiger partial charge in [0.05, 0.1) is 5.56 Å². The second kappa shape index (κ2) is 11.1. The summed E-state index contributed by atoms with van der Waals surface area (Å²) in [7, 11) is 0. The van der Waals surface area contributed by atoms with Crippen LogP contribution in [0.1, 0.15) is 89.3 Å². The van der Waals surface area contributed by atoms with Crippen molar-refractivity contribution in [2.24, 2.45) is 5.92 Å². The largest absolute Gasteiger partial charge is 0.508 e. The molecule has 4 aromatic rings. The van der Waals surface area contributed by atoms with Crippen molar-refractivity contribution in [2.45, 2.75) is 68.9 Å². The molecular weight excluding hydrogens is 672 g/mol. The lowest BCUT2D eigenvalue weighted by Gasteiger charge is -2.52. The van der Waals surface area contributed by atoms with E-state index >= 15 is 0 Å². The standard InChI is InChI=1S/C40H36O12/c1-18(2)10-11-39-26-9-6-21(43)14-30(26)51-40(39,49)37(48)34-31(50-39)15-29(46)33-25-17-38(3,52-36(33)34)16-24(22-7-4-19(41)12-27(22)44)32(25)35(47)23-8-5-20(42)13-28(23)45/h4-10,12-15,24-25,32,41-46,49H,11,16-17H2,1-3H3. The molecule has 7 N–H and O–H groups in total. The molecule has 52 heavy (non-hydrogen) atoms. The van der Waals surface area contributed by atoms with E-state index in [0.717, 1.165) is 17.7 Å². The molecule has 4 aliphatic rings. The van der Waals surface area contributed by atoms with E-state index in [1.165, 1.54) is 48.5 Å². The van der Waals surface area contributed by atoms with Gasteiger partial charge in [0.25, 0.3) is 0 Å². The van der Waals surface area contributed by atoms with Gasteiger partial charge in [-0.25, -0.2) is 0 Å². The fourth-order valence-corrected chi connectivity index (χ4v) is 8.68. The number of hydrogen-bond acceptors (Lipinski definition) is 12. The first-order valence-corrected chi connectivity index (χ1v) is 16.8. The van der Waals surface area contributed by atoms with Crippen LogP contribution in [0.3, 0.4) is 0 Å². The summed E-state index contributed by atoms with van der Waals surface area (Å²) in [5, 5.41) is 76.3. The van der Waals surface area contributed by atoms with Crippen LogP contribution in [0.25, 0.3) is 0 Å². The number of carbonyl (C=O) groups excluding carboxylic acids is 2. The molecule has 3 heterocycles. The minimum absolute atomic E-state index is 0.0155. The molecule has 0 radical (unpaired) electrons. The van der Waals surface area contributed by atoms with Gasteiger partial charge in [0, 0.05) is 59.6 Å². The molecule has 6 atom stereocenters. The summed E-state index contributed by atoms with van der Waals surface area (Å²) in [5.74, 6) is -8.78. The van der Waals surface area contributed by atoms with Crippen LogP contribution in [-0.2, 0) is 5.60 Å². The lowest BCUT2D eigenvalue weighted by Crippen LogP contribution is -2.63. The van der Waals surface area contributed by atoms with Gasteiger partial charge in [-0.3, -0.25) is 9.59 Å². The SMILES string of the molecule is CC(C)=CCC12Oc3cc(O)c4c(c3C(=O)C1(O)Oc1cc(O)ccc12)OC1(C)CC(c2ccc(O)cc2O)C(C(=O)c2ccc(O)cc2O)C4C1. The van der Waals surface area contributed by atoms with Gasteiger partial charge >= 0.3 is 5.79 Å². The zero-order valence-electron chi connectivity index (χ0n) is 28.4. The molecule has 12 heteroatoms. The molecule has 0 saturated heterocycles. The summed E-state index contributed by atoms with van der Waals surface area (Å²) in [5.41, 5.74) is -1.68. The molecule has 1 fully saturated rings. The van der Waals surface area contributed by atoms with Gasteiger partial charge in [-0.1, -0.05) is 17.7 Å². The molecule has 1 aliphatic carbocycles. The van der Waals surface area contributed by atoms with Crippen LogP contribution in [0.4, 0.5) is 0 Å². The quantitative estimate of drug-likeness (QED) is 0.0923. The lowest BCUT2D eigenvalue weighted by atomic mass is 9.58. The number of ether oxygens (including phenoxy) is 3. The van der Waals surface area contributed by atoms with Crippen molar-refractivity contribution < 1.29 is 59.5 Å². The number of ketones is 2. The zero-order chi connectivity index (χ0) is 37.1. The van der Waals surface area contributed by atoms with Crippen LogP contribution >= 0.6 is 0 Å². The molecule has 4 aromatic carbocycles. The molecule has 8 rings (SSSR count). The van der Waals surface area contributed by atoms with Gasteiger partial charge in [-0.15, -0.1) is 0 Å². The Morgan fingerprint density at radius 3 is 2.13 bits per heavy atom. The predicted octanol–water partition coefficient (Wildman–Crippen LogP) is 6.14. The fourth-order valence-electron chi connectivity index (χ4n) is 8.68. The second-order valence-corrected chi connectivity index (χ2v) is 14.7. The third-order valence-corrected chi connectivity index (χ3v) is 10.9. The summed E-state index contributed by atoms with van der Waals surface area (Å²) in [4.78, 5) is 29.4. The first kappa shape index (κ1) is 33.3. The molecule has 6 unspecified atom stereocenters. The molecule has 0 aromatic heterocycles.